The molecule has 2 aromatic carbocycles. The van der Waals surface area contributed by atoms with Crippen LogP contribution in [0.3, 0.4) is 0 Å². The van der Waals surface area contributed by atoms with Crippen molar-refractivity contribution in [2.24, 2.45) is 0 Å². The summed E-state index contributed by atoms with van der Waals surface area (Å²) in [7, 11) is 0. The summed E-state index contributed by atoms with van der Waals surface area (Å²) in [6.45, 7) is 0.316. The Labute approximate surface area is 166 Å². The summed E-state index contributed by atoms with van der Waals surface area (Å²) in [5.41, 5.74) is 1.96. The van der Waals surface area contributed by atoms with E-state index in [4.69, 9.17) is 23.2 Å². The van der Waals surface area contributed by atoms with E-state index in [0.29, 0.717) is 28.4 Å². The minimum Gasteiger partial charge on any atom is -0.346 e. The lowest BCUT2D eigenvalue weighted by Crippen LogP contribution is -2.23. The predicted octanol–water partition coefficient (Wildman–Crippen LogP) is 4.57. The molecule has 1 aromatic heterocycles. The molecule has 0 radical (unpaired) electrons. The lowest BCUT2D eigenvalue weighted by atomic mass is 10.1. The van der Waals surface area contributed by atoms with Gasteiger partial charge in [0.15, 0.2) is 0 Å². The van der Waals surface area contributed by atoms with Gasteiger partial charge in [-0.3, -0.25) is 14.6 Å². The summed E-state index contributed by atoms with van der Waals surface area (Å²) in [6, 6.07) is 16.8. The Morgan fingerprint density at radius 2 is 1.78 bits per heavy atom. The molecular formula is C20H15Cl2N3O2. The third kappa shape index (κ3) is 5.06. The van der Waals surface area contributed by atoms with Gasteiger partial charge in [-0.25, -0.2) is 0 Å². The average molecular weight is 400 g/mol. The maximum absolute atomic E-state index is 12.4. The second-order valence-corrected chi connectivity index (χ2v) is 6.51. The third-order valence-corrected chi connectivity index (χ3v) is 4.26. The zero-order valence-electron chi connectivity index (χ0n) is 14.1. The molecular weight excluding hydrogens is 385 g/mol. The van der Waals surface area contributed by atoms with Gasteiger partial charge in [0.05, 0.1) is 22.8 Å². The van der Waals surface area contributed by atoms with Crippen molar-refractivity contribution in [2.45, 2.75) is 6.54 Å². The van der Waals surface area contributed by atoms with E-state index in [1.165, 1.54) is 6.07 Å². The van der Waals surface area contributed by atoms with Crippen LogP contribution in [0.25, 0.3) is 0 Å². The van der Waals surface area contributed by atoms with E-state index < -0.39 is 0 Å². The molecule has 0 saturated carbocycles. The highest BCUT2D eigenvalue weighted by molar-refractivity contribution is 6.37. The minimum atomic E-state index is -0.386. The molecule has 0 saturated heterocycles. The van der Waals surface area contributed by atoms with Crippen molar-refractivity contribution in [3.8, 4) is 0 Å². The lowest BCUT2D eigenvalue weighted by Gasteiger charge is -2.09. The zero-order chi connectivity index (χ0) is 19.2. The van der Waals surface area contributed by atoms with Crippen molar-refractivity contribution in [1.82, 2.24) is 10.3 Å². The van der Waals surface area contributed by atoms with Gasteiger partial charge < -0.3 is 10.6 Å². The van der Waals surface area contributed by atoms with Crippen LogP contribution in [0, 0.1) is 0 Å². The van der Waals surface area contributed by atoms with Crippen molar-refractivity contribution in [3.05, 3.63) is 93.7 Å². The fourth-order valence-corrected chi connectivity index (χ4v) is 2.88. The second-order valence-electron chi connectivity index (χ2n) is 5.66. The number of halogens is 2. The van der Waals surface area contributed by atoms with E-state index in [-0.39, 0.29) is 16.8 Å². The first kappa shape index (κ1) is 18.9. The summed E-state index contributed by atoms with van der Waals surface area (Å²) in [4.78, 5) is 28.9. The van der Waals surface area contributed by atoms with E-state index in [1.807, 2.05) is 18.2 Å². The molecule has 7 heteroatoms. The smallest absolute Gasteiger partial charge is 0.257 e. The highest BCUT2D eigenvalue weighted by Crippen LogP contribution is 2.22. The number of carbonyl (C=O) groups is 2. The van der Waals surface area contributed by atoms with Gasteiger partial charge in [0.25, 0.3) is 11.8 Å². The number of hydrogen-bond donors (Lipinski definition) is 2. The van der Waals surface area contributed by atoms with Crippen LogP contribution >= 0.6 is 23.2 Å². The molecule has 1 heterocycles. The van der Waals surface area contributed by atoms with Crippen LogP contribution in [-0.4, -0.2) is 16.8 Å². The van der Waals surface area contributed by atoms with Crippen LogP contribution in [0.1, 0.15) is 26.4 Å². The van der Waals surface area contributed by atoms with E-state index in [2.05, 4.69) is 15.6 Å². The topological polar surface area (TPSA) is 71.1 Å². The van der Waals surface area contributed by atoms with E-state index in [0.717, 1.165) is 5.69 Å². The normalized spacial score (nSPS) is 10.3. The number of nitrogens with zero attached hydrogens (tertiary/aromatic N) is 1. The third-order valence-electron chi connectivity index (χ3n) is 3.71. The first-order valence-corrected chi connectivity index (χ1v) is 8.83. The van der Waals surface area contributed by atoms with E-state index >= 15 is 0 Å². The molecule has 2 amide bonds. The number of anilines is 1. The Morgan fingerprint density at radius 1 is 0.926 bits per heavy atom. The minimum absolute atomic E-state index is 0.254. The Hall–Kier alpha value is -2.89. The maximum Gasteiger partial charge on any atom is 0.257 e. The molecule has 0 aliphatic carbocycles. The van der Waals surface area contributed by atoms with Crippen molar-refractivity contribution < 1.29 is 9.59 Å². The number of hydrogen-bond acceptors (Lipinski definition) is 3. The maximum atomic E-state index is 12.4. The second kappa shape index (κ2) is 8.66. The monoisotopic (exact) mass is 399 g/mol. The molecule has 0 unspecified atom stereocenters. The summed E-state index contributed by atoms with van der Waals surface area (Å²) >= 11 is 11.9. The van der Waals surface area contributed by atoms with Gasteiger partial charge >= 0.3 is 0 Å². The van der Waals surface area contributed by atoms with Crippen molar-refractivity contribution >= 4 is 40.7 Å². The first-order valence-electron chi connectivity index (χ1n) is 8.07. The Morgan fingerprint density at radius 3 is 2.52 bits per heavy atom. The number of nitrogens with one attached hydrogen (secondary N) is 2. The molecule has 0 atom stereocenters. The molecule has 27 heavy (non-hydrogen) atoms. The van der Waals surface area contributed by atoms with Gasteiger partial charge in [0.1, 0.15) is 0 Å². The summed E-state index contributed by atoms with van der Waals surface area (Å²) in [5.74, 6) is -0.649. The molecule has 0 spiro atoms. The SMILES string of the molecule is O=C(NCc1ccccn1)c1cccc(NC(=O)c2ccc(Cl)cc2Cl)c1. The quantitative estimate of drug-likeness (QED) is 0.659. The van der Waals surface area contributed by atoms with Crippen LogP contribution in [0.2, 0.25) is 10.0 Å². The zero-order valence-corrected chi connectivity index (χ0v) is 15.6. The molecule has 136 valence electrons. The number of benzene rings is 2. The number of pyridine rings is 1. The Balaban J connectivity index is 1.67. The fourth-order valence-electron chi connectivity index (χ4n) is 2.39. The first-order chi connectivity index (χ1) is 13.0. The number of carbonyl (C=O) groups excluding carboxylic acids is 2. The van der Waals surface area contributed by atoms with E-state index in [1.54, 1.807) is 42.6 Å². The van der Waals surface area contributed by atoms with Gasteiger partial charge in [-0.05, 0) is 48.5 Å². The molecule has 2 N–H and O–H groups in total. The highest BCUT2D eigenvalue weighted by atomic mass is 35.5. The lowest BCUT2D eigenvalue weighted by molar-refractivity contribution is 0.0949. The van der Waals surface area contributed by atoms with Crippen molar-refractivity contribution in [2.75, 3.05) is 5.32 Å². The summed E-state index contributed by atoms with van der Waals surface area (Å²) in [5, 5.41) is 6.22. The highest BCUT2D eigenvalue weighted by Gasteiger charge is 2.12. The van der Waals surface area contributed by atoms with Crippen LogP contribution in [-0.2, 0) is 6.54 Å². The molecule has 3 aromatic rings. The predicted molar refractivity (Wildman–Crippen MR) is 106 cm³/mol. The van der Waals surface area contributed by atoms with Gasteiger partial charge in [-0.15, -0.1) is 0 Å². The Kier molecular flexibility index (Phi) is 6.06. The van der Waals surface area contributed by atoms with Crippen molar-refractivity contribution in [3.63, 3.8) is 0 Å². The van der Waals surface area contributed by atoms with Crippen LogP contribution < -0.4 is 10.6 Å². The number of aromatic nitrogens is 1. The van der Waals surface area contributed by atoms with Crippen LogP contribution in [0.5, 0.6) is 0 Å². The average Bonchev–Trinajstić information content (AvgIpc) is 2.67. The molecule has 0 aliphatic heterocycles. The van der Waals surface area contributed by atoms with E-state index in [9.17, 15) is 9.59 Å². The fraction of sp³-hybridized carbons (Fsp3) is 0.0500. The molecule has 0 fully saturated rings. The largest absolute Gasteiger partial charge is 0.346 e. The van der Waals surface area contributed by atoms with Gasteiger partial charge in [0.2, 0.25) is 0 Å². The molecule has 3 rings (SSSR count). The molecule has 0 aliphatic rings. The standard InChI is InChI=1S/C20H15Cl2N3O2/c21-14-7-8-17(18(22)11-14)20(27)25-15-6-3-4-13(10-15)19(26)24-12-16-5-1-2-9-23-16/h1-11H,12H2,(H,24,26)(H,25,27). The number of rotatable bonds is 5. The summed E-state index contributed by atoms with van der Waals surface area (Å²) < 4.78 is 0. The van der Waals surface area contributed by atoms with Crippen LogP contribution in [0.15, 0.2) is 66.9 Å². The van der Waals surface area contributed by atoms with Gasteiger partial charge in [-0.2, -0.15) is 0 Å². The van der Waals surface area contributed by atoms with Gasteiger partial charge in [0, 0.05) is 22.5 Å². The van der Waals surface area contributed by atoms with Gasteiger partial charge in [-0.1, -0.05) is 35.3 Å². The summed E-state index contributed by atoms with van der Waals surface area (Å²) in [6.07, 6.45) is 1.67. The molecule has 0 bridgehead atoms. The number of amides is 2. The molecule has 5 nitrogen and oxygen atoms in total. The Bertz CT molecular complexity index is 978. The van der Waals surface area contributed by atoms with Crippen molar-refractivity contribution in [1.29, 1.82) is 0 Å². The van der Waals surface area contributed by atoms with Crippen LogP contribution in [0.4, 0.5) is 5.69 Å².